The van der Waals surface area contributed by atoms with E-state index in [1.165, 1.54) is 0 Å². The summed E-state index contributed by atoms with van der Waals surface area (Å²) < 4.78 is 13.1. The molecule has 2 heterocycles. The SMILES string of the molecule is CCCCc1nc2nc(C)c(NC(=O)CCCCCl)cc2n1Cc1ccc(-c2ccccc2OC(=O)OC(C)(C)C)cc1. The van der Waals surface area contributed by atoms with Gasteiger partial charge in [0.15, 0.2) is 5.65 Å². The Morgan fingerprint density at radius 3 is 2.44 bits per heavy atom. The fourth-order valence-electron chi connectivity index (χ4n) is 4.73. The van der Waals surface area contributed by atoms with Gasteiger partial charge in [-0.3, -0.25) is 4.79 Å². The first-order valence-corrected chi connectivity index (χ1v) is 15.4. The van der Waals surface area contributed by atoms with Crippen molar-refractivity contribution in [3.8, 4) is 16.9 Å². The number of unbranched alkanes of at least 4 members (excludes halogenated alkanes) is 2. The average molecular weight is 605 g/mol. The standard InChI is InChI=1S/C34H41ClN4O4/c1-6-7-14-30-38-32-28(21-27(23(2)36-32)37-31(40)15-10-11-20-35)39(30)22-24-16-18-25(19-17-24)26-12-8-9-13-29(26)42-33(41)43-34(3,4)5/h8-9,12-13,16-19,21H,6-7,10-11,14-15,20,22H2,1-5H3,(H,37,40). The molecule has 0 unspecified atom stereocenters. The Bertz CT molecular complexity index is 1560. The van der Waals surface area contributed by atoms with Gasteiger partial charge in [0.1, 0.15) is 17.2 Å². The number of nitrogens with one attached hydrogen (secondary N) is 1. The Labute approximate surface area is 258 Å². The van der Waals surface area contributed by atoms with Crippen LogP contribution in [0.2, 0.25) is 0 Å². The van der Waals surface area contributed by atoms with E-state index >= 15 is 0 Å². The molecule has 0 bridgehead atoms. The van der Waals surface area contributed by atoms with Crippen LogP contribution < -0.4 is 10.1 Å². The number of aryl methyl sites for hydroxylation is 2. The van der Waals surface area contributed by atoms with Crippen molar-refractivity contribution in [3.63, 3.8) is 0 Å². The van der Waals surface area contributed by atoms with Crippen LogP contribution in [0.25, 0.3) is 22.3 Å². The molecule has 0 saturated carbocycles. The van der Waals surface area contributed by atoms with E-state index in [1.54, 1.807) is 26.8 Å². The van der Waals surface area contributed by atoms with Gasteiger partial charge in [-0.25, -0.2) is 14.8 Å². The fourth-order valence-corrected chi connectivity index (χ4v) is 4.92. The molecule has 0 spiro atoms. The maximum atomic E-state index is 12.6. The molecule has 0 aliphatic rings. The topological polar surface area (TPSA) is 95.3 Å². The summed E-state index contributed by atoms with van der Waals surface area (Å²) in [6.07, 6.45) is 4.14. The first kappa shape index (κ1) is 32.0. The number of amides is 1. The Kier molecular flexibility index (Phi) is 10.8. The summed E-state index contributed by atoms with van der Waals surface area (Å²) in [6, 6.07) is 17.6. The molecule has 0 fully saturated rings. The lowest BCUT2D eigenvalue weighted by molar-refractivity contribution is -0.116. The first-order valence-electron chi connectivity index (χ1n) is 14.9. The second kappa shape index (κ2) is 14.5. The summed E-state index contributed by atoms with van der Waals surface area (Å²) in [4.78, 5) is 34.5. The number of carbonyl (C=O) groups excluding carboxylic acids is 2. The predicted molar refractivity (Wildman–Crippen MR) is 172 cm³/mol. The third-order valence-corrected chi connectivity index (χ3v) is 7.17. The summed E-state index contributed by atoms with van der Waals surface area (Å²) >= 11 is 5.77. The minimum Gasteiger partial charge on any atom is -0.428 e. The molecule has 228 valence electrons. The molecule has 8 nitrogen and oxygen atoms in total. The minimum atomic E-state index is -0.738. The van der Waals surface area contributed by atoms with Crippen LogP contribution in [0, 0.1) is 6.92 Å². The average Bonchev–Trinajstić information content (AvgIpc) is 3.27. The van der Waals surface area contributed by atoms with Crippen molar-refractivity contribution < 1.29 is 19.1 Å². The van der Waals surface area contributed by atoms with Crippen molar-refractivity contribution in [1.29, 1.82) is 0 Å². The highest BCUT2D eigenvalue weighted by atomic mass is 35.5. The molecule has 0 atom stereocenters. The Hall–Kier alpha value is -3.91. The van der Waals surface area contributed by atoms with E-state index in [1.807, 2.05) is 43.3 Å². The summed E-state index contributed by atoms with van der Waals surface area (Å²) in [5.74, 6) is 1.91. The third kappa shape index (κ3) is 8.80. The fraction of sp³-hybridized carbons (Fsp3) is 0.412. The van der Waals surface area contributed by atoms with E-state index in [-0.39, 0.29) is 5.91 Å². The van der Waals surface area contributed by atoms with Crippen molar-refractivity contribution in [3.05, 3.63) is 71.7 Å². The number of fused-ring (bicyclic) bond motifs is 1. The van der Waals surface area contributed by atoms with Crippen LogP contribution in [0.15, 0.2) is 54.6 Å². The maximum Gasteiger partial charge on any atom is 0.514 e. The number of imidazole rings is 1. The molecule has 0 saturated heterocycles. The first-order chi connectivity index (χ1) is 20.6. The molecule has 0 aliphatic carbocycles. The zero-order chi connectivity index (χ0) is 31.0. The van der Waals surface area contributed by atoms with Crippen LogP contribution in [0.5, 0.6) is 5.75 Å². The van der Waals surface area contributed by atoms with E-state index in [0.29, 0.717) is 35.9 Å². The van der Waals surface area contributed by atoms with Crippen molar-refractivity contribution in [1.82, 2.24) is 14.5 Å². The summed E-state index contributed by atoms with van der Waals surface area (Å²) in [7, 11) is 0. The van der Waals surface area contributed by atoms with Crippen molar-refractivity contribution >= 4 is 40.5 Å². The van der Waals surface area contributed by atoms with Crippen LogP contribution in [0.4, 0.5) is 10.5 Å². The van der Waals surface area contributed by atoms with Gasteiger partial charge in [0.05, 0.1) is 16.9 Å². The number of pyridine rings is 1. The molecule has 43 heavy (non-hydrogen) atoms. The molecular weight excluding hydrogens is 564 g/mol. The number of carbonyl (C=O) groups is 2. The Morgan fingerprint density at radius 1 is 1.00 bits per heavy atom. The largest absolute Gasteiger partial charge is 0.514 e. The summed E-state index contributed by atoms with van der Waals surface area (Å²) in [5.41, 5.74) is 5.14. The zero-order valence-corrected chi connectivity index (χ0v) is 26.5. The van der Waals surface area contributed by atoms with Crippen molar-refractivity contribution in [2.45, 2.75) is 85.3 Å². The van der Waals surface area contributed by atoms with E-state index in [9.17, 15) is 9.59 Å². The molecular formula is C34H41ClN4O4. The summed E-state index contributed by atoms with van der Waals surface area (Å²) in [5, 5.41) is 3.03. The molecule has 0 aliphatic heterocycles. The molecule has 2 aromatic carbocycles. The van der Waals surface area contributed by atoms with E-state index in [0.717, 1.165) is 65.8 Å². The number of ether oxygens (including phenoxy) is 2. The normalized spacial score (nSPS) is 11.5. The molecule has 4 rings (SSSR count). The number of benzene rings is 2. The highest BCUT2D eigenvalue weighted by Gasteiger charge is 2.20. The monoisotopic (exact) mass is 604 g/mol. The lowest BCUT2D eigenvalue weighted by Crippen LogP contribution is -2.26. The number of aromatic nitrogens is 3. The van der Waals surface area contributed by atoms with Crippen molar-refractivity contribution in [2.75, 3.05) is 11.2 Å². The molecule has 9 heteroatoms. The van der Waals surface area contributed by atoms with Crippen LogP contribution in [0.1, 0.15) is 76.9 Å². The third-order valence-electron chi connectivity index (χ3n) is 6.90. The Balaban J connectivity index is 1.60. The van der Waals surface area contributed by atoms with E-state index < -0.39 is 11.8 Å². The number of anilines is 1. The number of hydrogen-bond donors (Lipinski definition) is 1. The predicted octanol–water partition coefficient (Wildman–Crippen LogP) is 8.46. The number of para-hydroxylation sites is 1. The van der Waals surface area contributed by atoms with E-state index in [4.69, 9.17) is 31.0 Å². The van der Waals surface area contributed by atoms with E-state index in [2.05, 4.69) is 28.9 Å². The lowest BCUT2D eigenvalue weighted by atomic mass is 10.0. The summed E-state index contributed by atoms with van der Waals surface area (Å²) in [6.45, 7) is 10.1. The molecule has 4 aromatic rings. The molecule has 1 amide bonds. The second-order valence-electron chi connectivity index (χ2n) is 11.6. The van der Waals surface area contributed by atoms with Gasteiger partial charge < -0.3 is 19.4 Å². The van der Waals surface area contributed by atoms with Gasteiger partial charge in [-0.2, -0.15) is 0 Å². The smallest absolute Gasteiger partial charge is 0.428 e. The van der Waals surface area contributed by atoms with Gasteiger partial charge in [-0.1, -0.05) is 55.8 Å². The molecule has 1 N–H and O–H groups in total. The van der Waals surface area contributed by atoms with Crippen molar-refractivity contribution in [2.24, 2.45) is 0 Å². The Morgan fingerprint density at radius 2 is 1.74 bits per heavy atom. The second-order valence-corrected chi connectivity index (χ2v) is 12.0. The van der Waals surface area contributed by atoms with Gasteiger partial charge in [0.25, 0.3) is 0 Å². The lowest BCUT2D eigenvalue weighted by Gasteiger charge is -2.19. The molecule has 2 aromatic heterocycles. The van der Waals surface area contributed by atoms with Gasteiger partial charge in [0.2, 0.25) is 5.91 Å². The van der Waals surface area contributed by atoms with Gasteiger partial charge in [-0.15, -0.1) is 11.6 Å². The number of nitrogens with zero attached hydrogens (tertiary/aromatic N) is 3. The highest BCUT2D eigenvalue weighted by Crippen LogP contribution is 2.31. The maximum absolute atomic E-state index is 12.6. The van der Waals surface area contributed by atoms with Gasteiger partial charge in [-0.05, 0) is 70.2 Å². The number of halogens is 1. The van der Waals surface area contributed by atoms with Crippen LogP contribution in [-0.4, -0.2) is 38.1 Å². The zero-order valence-electron chi connectivity index (χ0n) is 25.7. The van der Waals surface area contributed by atoms with Crippen LogP contribution >= 0.6 is 11.6 Å². The quantitative estimate of drug-likeness (QED) is 0.0754. The van der Waals surface area contributed by atoms with Crippen LogP contribution in [0.3, 0.4) is 0 Å². The minimum absolute atomic E-state index is 0.0434. The van der Waals surface area contributed by atoms with Crippen LogP contribution in [-0.2, 0) is 22.5 Å². The van der Waals surface area contributed by atoms with Gasteiger partial charge >= 0.3 is 6.16 Å². The molecule has 0 radical (unpaired) electrons. The number of hydrogen-bond acceptors (Lipinski definition) is 6. The van der Waals surface area contributed by atoms with Gasteiger partial charge in [0, 0.05) is 30.8 Å². The number of rotatable bonds is 12. The highest BCUT2D eigenvalue weighted by molar-refractivity contribution is 6.17. The number of alkyl halides is 1.